The molecule has 4 aliphatic rings. The molecule has 6 heterocycles. The van der Waals surface area contributed by atoms with Crippen molar-refractivity contribution >= 4 is 49.8 Å². The molecule has 1 N–H and O–H groups in total. The molecule has 1 aromatic carbocycles. The monoisotopic (exact) mass is 692 g/mol. The number of sulfone groups is 1. The van der Waals surface area contributed by atoms with E-state index in [1.54, 1.807) is 12.3 Å². The quantitative estimate of drug-likeness (QED) is 0.341. The minimum atomic E-state index is -3.10. The molecule has 1 amide bonds. The Morgan fingerprint density at radius 2 is 1.82 bits per heavy atom. The maximum atomic E-state index is 14.6. The van der Waals surface area contributed by atoms with Crippen LogP contribution in [0.1, 0.15) is 50.1 Å². The Balaban J connectivity index is 1.18. The number of hydrogen-bond donors (Lipinski definition) is 1. The number of aromatic nitrogens is 3. The van der Waals surface area contributed by atoms with Gasteiger partial charge < -0.3 is 24.8 Å². The number of piperidine rings is 1. The van der Waals surface area contributed by atoms with Crippen molar-refractivity contribution in [3.05, 3.63) is 54.9 Å². The summed E-state index contributed by atoms with van der Waals surface area (Å²) in [7, 11) is -1.56. The van der Waals surface area contributed by atoms with Crippen LogP contribution in [-0.2, 0) is 19.4 Å². The van der Waals surface area contributed by atoms with Crippen LogP contribution in [0.15, 0.2) is 49.3 Å². The zero-order valence-corrected chi connectivity index (χ0v) is 28.8. The van der Waals surface area contributed by atoms with E-state index in [0.29, 0.717) is 69.7 Å². The SMILES string of the molecule is C=CC(=O)N1CCC[C@@H]1c1ccc(N2CCN([C@@H]3CCCCS3(=O)=O)CC2)c2cnc(Nc3ccnc(N4CC[C@@H](OC)[C@@H](F)C4)n3)cc12. The first kappa shape index (κ1) is 33.6. The van der Waals surface area contributed by atoms with Crippen molar-refractivity contribution in [2.45, 2.75) is 62.2 Å². The molecule has 3 aromatic rings. The van der Waals surface area contributed by atoms with Crippen LogP contribution in [0.5, 0.6) is 0 Å². The number of nitrogens with zero attached hydrogens (tertiary/aromatic N) is 7. The molecule has 4 fully saturated rings. The van der Waals surface area contributed by atoms with Gasteiger partial charge in [0.1, 0.15) is 23.2 Å². The molecule has 262 valence electrons. The summed E-state index contributed by atoms with van der Waals surface area (Å²) in [6, 6.07) is 7.92. The molecule has 0 bridgehead atoms. The lowest BCUT2D eigenvalue weighted by Crippen LogP contribution is -2.53. The summed E-state index contributed by atoms with van der Waals surface area (Å²) in [6.45, 7) is 7.91. The number of halogens is 1. The molecule has 0 saturated carbocycles. The van der Waals surface area contributed by atoms with E-state index >= 15 is 0 Å². The van der Waals surface area contributed by atoms with Crippen molar-refractivity contribution in [2.75, 3.05) is 73.8 Å². The Kier molecular flexibility index (Phi) is 9.71. The number of amides is 1. The van der Waals surface area contributed by atoms with Gasteiger partial charge in [0.2, 0.25) is 11.9 Å². The van der Waals surface area contributed by atoms with E-state index in [1.165, 1.54) is 13.2 Å². The Morgan fingerprint density at radius 3 is 2.57 bits per heavy atom. The molecule has 4 atom stereocenters. The van der Waals surface area contributed by atoms with Gasteiger partial charge in [0.15, 0.2) is 9.84 Å². The smallest absolute Gasteiger partial charge is 0.246 e. The number of likely N-dealkylation sites (tertiary alicyclic amines) is 1. The highest BCUT2D eigenvalue weighted by atomic mass is 32.2. The lowest BCUT2D eigenvalue weighted by molar-refractivity contribution is -0.126. The first-order valence-corrected chi connectivity index (χ1v) is 19.1. The first-order chi connectivity index (χ1) is 23.8. The van der Waals surface area contributed by atoms with E-state index < -0.39 is 22.1 Å². The molecule has 4 aliphatic heterocycles. The fourth-order valence-electron chi connectivity index (χ4n) is 7.98. The molecular formula is C35H45FN8O4S. The fraction of sp³-hybridized carbons (Fsp3) is 0.543. The number of alkyl halides is 1. The van der Waals surface area contributed by atoms with E-state index in [0.717, 1.165) is 47.7 Å². The molecule has 0 aliphatic carbocycles. The Hall–Kier alpha value is -3.88. The van der Waals surface area contributed by atoms with Crippen LogP contribution in [0.3, 0.4) is 0 Å². The number of methoxy groups -OCH3 is 1. The summed E-state index contributed by atoms with van der Waals surface area (Å²) < 4.78 is 45.6. The topological polar surface area (TPSA) is 124 Å². The van der Waals surface area contributed by atoms with E-state index in [1.807, 2.05) is 22.1 Å². The molecule has 0 radical (unpaired) electrons. The molecule has 4 saturated heterocycles. The number of anilines is 4. The van der Waals surface area contributed by atoms with Gasteiger partial charge in [-0.15, -0.1) is 0 Å². The highest BCUT2D eigenvalue weighted by molar-refractivity contribution is 7.92. The number of benzene rings is 1. The maximum Gasteiger partial charge on any atom is 0.246 e. The van der Waals surface area contributed by atoms with Crippen molar-refractivity contribution in [2.24, 2.45) is 0 Å². The van der Waals surface area contributed by atoms with Crippen LogP contribution in [0.25, 0.3) is 10.8 Å². The van der Waals surface area contributed by atoms with Gasteiger partial charge in [-0.25, -0.2) is 22.8 Å². The van der Waals surface area contributed by atoms with Gasteiger partial charge in [0.25, 0.3) is 0 Å². The van der Waals surface area contributed by atoms with Crippen LogP contribution in [0.4, 0.5) is 27.7 Å². The van der Waals surface area contributed by atoms with E-state index in [4.69, 9.17) is 9.72 Å². The number of ether oxygens (including phenoxy) is 1. The number of nitrogens with one attached hydrogen (secondary N) is 1. The third kappa shape index (κ3) is 6.82. The second-order valence-electron chi connectivity index (χ2n) is 13.4. The molecule has 14 heteroatoms. The van der Waals surface area contributed by atoms with Crippen LogP contribution in [-0.4, -0.2) is 115 Å². The van der Waals surface area contributed by atoms with Crippen LogP contribution in [0.2, 0.25) is 0 Å². The number of fused-ring (bicyclic) bond motifs is 1. The van der Waals surface area contributed by atoms with Gasteiger partial charge in [-0.2, -0.15) is 4.98 Å². The van der Waals surface area contributed by atoms with E-state index in [-0.39, 0.29) is 29.6 Å². The second kappa shape index (κ2) is 14.2. The number of pyridine rings is 1. The zero-order valence-electron chi connectivity index (χ0n) is 28.0. The normalized spacial score (nSPS) is 26.2. The average Bonchev–Trinajstić information content (AvgIpc) is 3.61. The largest absolute Gasteiger partial charge is 0.378 e. The van der Waals surface area contributed by atoms with Gasteiger partial charge in [-0.3, -0.25) is 9.69 Å². The third-order valence-corrected chi connectivity index (χ3v) is 12.8. The molecule has 49 heavy (non-hydrogen) atoms. The summed E-state index contributed by atoms with van der Waals surface area (Å²) in [5.74, 6) is 1.76. The van der Waals surface area contributed by atoms with Crippen molar-refractivity contribution in [3.8, 4) is 0 Å². The van der Waals surface area contributed by atoms with Gasteiger partial charge in [-0.1, -0.05) is 12.6 Å². The second-order valence-corrected chi connectivity index (χ2v) is 15.7. The maximum absolute atomic E-state index is 14.6. The molecule has 7 rings (SSSR count). The summed E-state index contributed by atoms with van der Waals surface area (Å²) >= 11 is 0. The Labute approximate surface area is 287 Å². The third-order valence-electron chi connectivity index (χ3n) is 10.6. The number of carbonyl (C=O) groups is 1. The Bertz CT molecular complexity index is 1800. The van der Waals surface area contributed by atoms with Crippen molar-refractivity contribution in [1.82, 2.24) is 24.8 Å². The number of carbonyl (C=O) groups excluding carboxylic acids is 1. The van der Waals surface area contributed by atoms with Gasteiger partial charge in [0, 0.05) is 69.8 Å². The number of piperazine rings is 1. The van der Waals surface area contributed by atoms with Crippen molar-refractivity contribution in [3.63, 3.8) is 0 Å². The molecule has 2 aromatic heterocycles. The summed E-state index contributed by atoms with van der Waals surface area (Å²) in [4.78, 5) is 34.9. The standard InChI is InChI=1S/C35H45FN8O4S/c1-3-33(45)44-14-6-7-29(44)24-9-10-28(41-16-18-42(19-17-41)34-8-4-5-20-49(34,46)47)26-22-38-32(21-25(24)26)39-31-11-13-37-35(40-31)43-15-12-30(48-2)27(36)23-43/h3,9-11,13,21-22,27,29-30,34H,1,4-8,12,14-20,23H2,2H3,(H,37,38,39,40)/t27-,29+,30+,34-/m0/s1. The summed E-state index contributed by atoms with van der Waals surface area (Å²) in [5.41, 5.74) is 2.08. The van der Waals surface area contributed by atoms with Crippen molar-refractivity contribution in [1.29, 1.82) is 0 Å². The summed E-state index contributed by atoms with van der Waals surface area (Å²) in [5, 5.41) is 4.91. The predicted octanol–water partition coefficient (Wildman–Crippen LogP) is 4.23. The summed E-state index contributed by atoms with van der Waals surface area (Å²) in [6.07, 6.45) is 8.07. The molecule has 12 nitrogen and oxygen atoms in total. The lowest BCUT2D eigenvalue weighted by atomic mass is 9.96. The minimum Gasteiger partial charge on any atom is -0.378 e. The van der Waals surface area contributed by atoms with Crippen LogP contribution in [0, 0.1) is 0 Å². The minimum absolute atomic E-state index is 0.0838. The number of hydrogen-bond acceptors (Lipinski definition) is 11. The van der Waals surface area contributed by atoms with Gasteiger partial charge in [-0.05, 0) is 73.7 Å². The zero-order chi connectivity index (χ0) is 34.1. The highest BCUT2D eigenvalue weighted by Gasteiger charge is 2.36. The van der Waals surface area contributed by atoms with Crippen molar-refractivity contribution < 1.29 is 22.3 Å². The van der Waals surface area contributed by atoms with E-state index in [2.05, 4.69) is 43.8 Å². The molecule has 0 spiro atoms. The lowest BCUT2D eigenvalue weighted by Gasteiger charge is -2.41. The Morgan fingerprint density at radius 1 is 0.980 bits per heavy atom. The first-order valence-electron chi connectivity index (χ1n) is 17.3. The predicted molar refractivity (Wildman–Crippen MR) is 189 cm³/mol. The fourth-order valence-corrected chi connectivity index (χ4v) is 10.1. The van der Waals surface area contributed by atoms with Gasteiger partial charge >= 0.3 is 0 Å². The number of rotatable bonds is 8. The highest BCUT2D eigenvalue weighted by Crippen LogP contribution is 2.40. The van der Waals surface area contributed by atoms with Crippen LogP contribution < -0.4 is 15.1 Å². The van der Waals surface area contributed by atoms with Crippen LogP contribution >= 0.6 is 0 Å². The van der Waals surface area contributed by atoms with Gasteiger partial charge in [0.05, 0.1) is 24.4 Å². The van der Waals surface area contributed by atoms with E-state index in [9.17, 15) is 17.6 Å². The average molecular weight is 693 g/mol. The molecular weight excluding hydrogens is 648 g/mol. The molecule has 0 unspecified atom stereocenters.